The van der Waals surface area contributed by atoms with Crippen LogP contribution in [0.25, 0.3) is 0 Å². The number of carbonyl (C=O) groups excluding carboxylic acids is 1. The maximum Gasteiger partial charge on any atom is 0.270 e. The van der Waals surface area contributed by atoms with Crippen LogP contribution < -0.4 is 19.4 Å². The van der Waals surface area contributed by atoms with Gasteiger partial charge < -0.3 is 14.4 Å². The van der Waals surface area contributed by atoms with E-state index < -0.39 is 27.4 Å². The Morgan fingerprint density at radius 3 is 2.48 bits per heavy atom. The molecule has 1 fully saturated rings. The summed E-state index contributed by atoms with van der Waals surface area (Å²) < 4.78 is 38.8. The summed E-state index contributed by atoms with van der Waals surface area (Å²) in [5, 5.41) is 15.3. The maximum absolute atomic E-state index is 13.5. The molecule has 13 heteroatoms. The van der Waals surface area contributed by atoms with Gasteiger partial charge in [0, 0.05) is 36.5 Å². The van der Waals surface area contributed by atoms with Crippen molar-refractivity contribution in [3.63, 3.8) is 0 Å². The van der Waals surface area contributed by atoms with E-state index >= 15 is 0 Å². The fraction of sp³-hybridized carbons (Fsp3) is 0.259. The molecule has 1 aliphatic heterocycles. The predicted octanol–water partition coefficient (Wildman–Crippen LogP) is 3.18. The van der Waals surface area contributed by atoms with Crippen LogP contribution in [0.15, 0.2) is 82.8 Å². The fourth-order valence-corrected chi connectivity index (χ4v) is 5.54. The molecule has 40 heavy (non-hydrogen) atoms. The monoisotopic (exact) mass is 567 g/mol. The molecule has 3 aromatic carbocycles. The first-order valence-corrected chi connectivity index (χ1v) is 14.0. The number of nitro benzene ring substituents is 1. The van der Waals surface area contributed by atoms with Crippen LogP contribution in [0.5, 0.6) is 5.75 Å². The number of sulfonamides is 1. The topological polar surface area (TPSA) is 144 Å². The van der Waals surface area contributed by atoms with Gasteiger partial charge in [-0.15, -0.1) is 0 Å². The van der Waals surface area contributed by atoms with E-state index in [1.54, 1.807) is 48.5 Å². The third-order valence-corrected chi connectivity index (χ3v) is 7.81. The lowest BCUT2D eigenvalue weighted by Gasteiger charge is -2.29. The Balaban J connectivity index is 1.56. The third-order valence-electron chi connectivity index (χ3n) is 6.02. The number of benzene rings is 3. The Labute approximate surface area is 232 Å². The van der Waals surface area contributed by atoms with Gasteiger partial charge in [-0.3, -0.25) is 19.2 Å². The van der Waals surface area contributed by atoms with Crippen molar-refractivity contribution in [2.24, 2.45) is 5.10 Å². The molecule has 1 aliphatic rings. The number of rotatable bonds is 11. The Morgan fingerprint density at radius 2 is 1.82 bits per heavy atom. The molecule has 3 aromatic rings. The molecule has 0 aliphatic carbocycles. The normalized spacial score (nSPS) is 13.7. The molecule has 1 saturated heterocycles. The summed E-state index contributed by atoms with van der Waals surface area (Å²) in [7, 11) is -4.10. The SMILES string of the molecule is CCOc1ccc(N(CC(=O)N/N=C\c2cc([N+](=O)[O-])ccc2N2CCOCC2)S(=O)(=O)c2ccccc2)cc1. The number of non-ortho nitro benzene ring substituents is 1. The zero-order valence-electron chi connectivity index (χ0n) is 21.8. The second-order valence-corrected chi connectivity index (χ2v) is 10.5. The Kier molecular flexibility index (Phi) is 9.30. The van der Waals surface area contributed by atoms with Crippen molar-refractivity contribution in [1.29, 1.82) is 0 Å². The van der Waals surface area contributed by atoms with Crippen LogP contribution in [0.3, 0.4) is 0 Å². The summed E-state index contributed by atoms with van der Waals surface area (Å²) in [5.74, 6) is -0.145. The molecule has 4 rings (SSSR count). The standard InChI is InChI=1S/C27H29N5O7S/c1-2-39-24-11-8-22(9-12-24)31(40(36,37)25-6-4-3-5-7-25)20-27(33)29-28-19-21-18-23(32(34)35)10-13-26(21)30-14-16-38-17-15-30/h3-13,18-19H,2,14-17,20H2,1H3,(H,29,33)/b28-19-. The molecule has 210 valence electrons. The number of nitrogens with zero attached hydrogens (tertiary/aromatic N) is 4. The minimum absolute atomic E-state index is 0.0203. The average molecular weight is 568 g/mol. The number of nitro groups is 1. The molecule has 1 N–H and O–H groups in total. The molecule has 0 spiro atoms. The zero-order valence-corrected chi connectivity index (χ0v) is 22.6. The lowest BCUT2D eigenvalue weighted by Crippen LogP contribution is -2.39. The van der Waals surface area contributed by atoms with Gasteiger partial charge in [-0.1, -0.05) is 18.2 Å². The molecule has 0 aromatic heterocycles. The molecule has 0 saturated carbocycles. The second kappa shape index (κ2) is 13.0. The van der Waals surface area contributed by atoms with Gasteiger partial charge >= 0.3 is 0 Å². The van der Waals surface area contributed by atoms with Crippen molar-refractivity contribution < 1.29 is 27.6 Å². The lowest BCUT2D eigenvalue weighted by atomic mass is 10.1. The first-order valence-electron chi connectivity index (χ1n) is 12.5. The van der Waals surface area contributed by atoms with Gasteiger partial charge in [0.2, 0.25) is 0 Å². The number of ether oxygens (including phenoxy) is 2. The molecule has 0 bridgehead atoms. The van der Waals surface area contributed by atoms with Crippen LogP contribution in [-0.2, 0) is 19.6 Å². The highest BCUT2D eigenvalue weighted by Gasteiger charge is 2.27. The number of carbonyl (C=O) groups is 1. The third kappa shape index (κ3) is 6.93. The summed E-state index contributed by atoms with van der Waals surface area (Å²) in [5.41, 5.74) is 3.62. The van der Waals surface area contributed by atoms with Gasteiger partial charge in [-0.2, -0.15) is 5.10 Å². The number of hydrogen-bond donors (Lipinski definition) is 1. The van der Waals surface area contributed by atoms with E-state index in [4.69, 9.17) is 9.47 Å². The smallest absolute Gasteiger partial charge is 0.270 e. The number of amides is 1. The second-order valence-electron chi connectivity index (χ2n) is 8.64. The minimum Gasteiger partial charge on any atom is -0.494 e. The molecular formula is C27H29N5O7S. The van der Waals surface area contributed by atoms with Crippen molar-refractivity contribution >= 4 is 39.2 Å². The van der Waals surface area contributed by atoms with Gasteiger partial charge in [0.25, 0.3) is 21.6 Å². The van der Waals surface area contributed by atoms with Gasteiger partial charge in [0.05, 0.1) is 41.5 Å². The van der Waals surface area contributed by atoms with E-state index in [2.05, 4.69) is 10.5 Å². The van der Waals surface area contributed by atoms with Crippen LogP contribution >= 0.6 is 0 Å². The van der Waals surface area contributed by atoms with Crippen LogP contribution in [0, 0.1) is 10.1 Å². The first kappa shape index (κ1) is 28.5. The summed E-state index contributed by atoms with van der Waals surface area (Å²) in [6.45, 7) is 3.95. The van der Waals surface area contributed by atoms with E-state index in [1.807, 2.05) is 11.8 Å². The van der Waals surface area contributed by atoms with Crippen molar-refractivity contribution in [3.8, 4) is 5.75 Å². The molecule has 12 nitrogen and oxygen atoms in total. The van der Waals surface area contributed by atoms with Crippen molar-refractivity contribution in [2.75, 3.05) is 48.7 Å². The lowest BCUT2D eigenvalue weighted by molar-refractivity contribution is -0.384. The molecule has 0 unspecified atom stereocenters. The molecule has 1 heterocycles. The molecule has 0 atom stereocenters. The van der Waals surface area contributed by atoms with E-state index in [0.29, 0.717) is 49.9 Å². The quantitative estimate of drug-likeness (QED) is 0.211. The van der Waals surface area contributed by atoms with E-state index in [1.165, 1.54) is 30.5 Å². The predicted molar refractivity (Wildman–Crippen MR) is 150 cm³/mol. The van der Waals surface area contributed by atoms with Crippen LogP contribution in [-0.4, -0.2) is 64.9 Å². The van der Waals surface area contributed by atoms with Crippen LogP contribution in [0.4, 0.5) is 17.1 Å². The largest absolute Gasteiger partial charge is 0.494 e. The van der Waals surface area contributed by atoms with Gasteiger partial charge in [-0.25, -0.2) is 13.8 Å². The average Bonchev–Trinajstić information content (AvgIpc) is 2.97. The molecule has 1 amide bonds. The van der Waals surface area contributed by atoms with Gasteiger partial charge in [0.1, 0.15) is 12.3 Å². The van der Waals surface area contributed by atoms with Gasteiger partial charge in [0.15, 0.2) is 0 Å². The van der Waals surface area contributed by atoms with Crippen LogP contribution in [0.2, 0.25) is 0 Å². The summed E-state index contributed by atoms with van der Waals surface area (Å²) in [6, 6.07) is 18.5. The number of anilines is 2. The van der Waals surface area contributed by atoms with Crippen molar-refractivity contribution in [2.45, 2.75) is 11.8 Å². The van der Waals surface area contributed by atoms with E-state index in [0.717, 1.165) is 4.31 Å². The Hall–Kier alpha value is -4.49. The fourth-order valence-electron chi connectivity index (χ4n) is 4.10. The number of hydrazone groups is 1. The number of hydrogen-bond acceptors (Lipinski definition) is 9. The van der Waals surface area contributed by atoms with Crippen molar-refractivity contribution in [1.82, 2.24) is 5.43 Å². The summed E-state index contributed by atoms with van der Waals surface area (Å²) in [4.78, 5) is 25.8. The van der Waals surface area contributed by atoms with E-state index in [9.17, 15) is 23.3 Å². The highest BCUT2D eigenvalue weighted by atomic mass is 32.2. The first-order chi connectivity index (χ1) is 19.3. The highest BCUT2D eigenvalue weighted by molar-refractivity contribution is 7.92. The molecule has 0 radical (unpaired) electrons. The van der Waals surface area contributed by atoms with Crippen LogP contribution in [0.1, 0.15) is 12.5 Å². The number of nitrogens with one attached hydrogen (secondary N) is 1. The molecular weight excluding hydrogens is 538 g/mol. The van der Waals surface area contributed by atoms with Crippen molar-refractivity contribution in [3.05, 3.63) is 88.5 Å². The zero-order chi connectivity index (χ0) is 28.5. The minimum atomic E-state index is -4.10. The Morgan fingerprint density at radius 1 is 1.12 bits per heavy atom. The maximum atomic E-state index is 13.5. The van der Waals surface area contributed by atoms with Gasteiger partial charge in [-0.05, 0) is 49.4 Å². The number of morpholine rings is 1. The Bertz CT molecular complexity index is 1460. The summed E-state index contributed by atoms with van der Waals surface area (Å²) in [6.07, 6.45) is 1.31. The highest BCUT2D eigenvalue weighted by Crippen LogP contribution is 2.27. The van der Waals surface area contributed by atoms with E-state index in [-0.39, 0.29) is 16.3 Å². The summed E-state index contributed by atoms with van der Waals surface area (Å²) >= 11 is 0.